The molecule has 0 spiro atoms. The molecule has 0 atom stereocenters. The first-order chi connectivity index (χ1) is 9.56. The minimum atomic E-state index is -0.505. The summed E-state index contributed by atoms with van der Waals surface area (Å²) in [5, 5.41) is 15.3. The highest BCUT2D eigenvalue weighted by Crippen LogP contribution is 2.39. The van der Waals surface area contributed by atoms with Crippen LogP contribution in [-0.2, 0) is 0 Å². The third-order valence-corrected chi connectivity index (χ3v) is 3.42. The number of hydrogen-bond donors (Lipinski definition) is 0. The van der Waals surface area contributed by atoms with Crippen molar-refractivity contribution in [3.63, 3.8) is 0 Å². The van der Waals surface area contributed by atoms with Gasteiger partial charge in [-0.15, -0.1) is 0 Å². The maximum atomic E-state index is 11.7. The van der Waals surface area contributed by atoms with Gasteiger partial charge >= 0.3 is 0 Å². The lowest BCUT2D eigenvalue weighted by Gasteiger charge is -2.06. The topological polar surface area (TPSA) is 78.0 Å². The van der Waals surface area contributed by atoms with Crippen molar-refractivity contribution in [3.8, 4) is 5.69 Å². The van der Waals surface area contributed by atoms with E-state index in [1.807, 2.05) is 6.07 Å². The van der Waals surface area contributed by atoms with Crippen molar-refractivity contribution >= 4 is 11.5 Å². The van der Waals surface area contributed by atoms with Crippen LogP contribution in [0, 0.1) is 10.1 Å². The Labute approximate surface area is 115 Å². The maximum absolute atomic E-state index is 11.7. The summed E-state index contributed by atoms with van der Waals surface area (Å²) in [6, 6.07) is 6.19. The molecule has 102 valence electrons. The Balaban J connectivity index is 2.06. The van der Waals surface area contributed by atoms with E-state index < -0.39 is 4.92 Å². The predicted molar refractivity (Wildman–Crippen MR) is 72.2 cm³/mol. The smallest absolute Gasteiger partial charge is 0.270 e. The standard InChI is InChI=1S/C14H13N3O3/c1-9(18)12-8-11(17(19)20)4-5-14(12)16-7-6-13(15-16)10-2-3-10/h4-8,10H,2-3H2,1H3. The Morgan fingerprint density at radius 2 is 2.15 bits per heavy atom. The largest absolute Gasteiger partial charge is 0.294 e. The van der Waals surface area contributed by atoms with Gasteiger partial charge in [-0.2, -0.15) is 5.10 Å². The van der Waals surface area contributed by atoms with Crippen LogP contribution in [0.25, 0.3) is 5.69 Å². The van der Waals surface area contributed by atoms with Crippen molar-refractivity contribution in [2.75, 3.05) is 0 Å². The van der Waals surface area contributed by atoms with Crippen LogP contribution in [0.3, 0.4) is 0 Å². The summed E-state index contributed by atoms with van der Waals surface area (Å²) in [6.45, 7) is 1.40. The van der Waals surface area contributed by atoms with Crippen LogP contribution in [0.4, 0.5) is 5.69 Å². The molecular weight excluding hydrogens is 258 g/mol. The first-order valence-corrected chi connectivity index (χ1v) is 6.41. The number of nitro groups is 1. The number of Topliss-reactive ketones (excluding diaryl/α,β-unsaturated/α-hetero) is 1. The number of non-ortho nitro benzene ring substituents is 1. The molecule has 6 heteroatoms. The third kappa shape index (κ3) is 2.20. The SMILES string of the molecule is CC(=O)c1cc([N+](=O)[O-])ccc1-n1ccc(C2CC2)n1. The number of nitro benzene ring substituents is 1. The van der Waals surface area contributed by atoms with E-state index >= 15 is 0 Å². The summed E-state index contributed by atoms with van der Waals surface area (Å²) in [5.41, 5.74) is 1.81. The van der Waals surface area contributed by atoms with Crippen molar-refractivity contribution in [3.05, 3.63) is 51.8 Å². The zero-order chi connectivity index (χ0) is 14.3. The van der Waals surface area contributed by atoms with Crippen molar-refractivity contribution in [1.82, 2.24) is 9.78 Å². The third-order valence-electron chi connectivity index (χ3n) is 3.42. The first-order valence-electron chi connectivity index (χ1n) is 6.41. The fourth-order valence-corrected chi connectivity index (χ4v) is 2.19. The van der Waals surface area contributed by atoms with E-state index in [2.05, 4.69) is 5.10 Å². The zero-order valence-corrected chi connectivity index (χ0v) is 10.9. The molecule has 0 amide bonds. The number of carbonyl (C=O) groups is 1. The zero-order valence-electron chi connectivity index (χ0n) is 10.9. The summed E-state index contributed by atoms with van der Waals surface area (Å²) in [4.78, 5) is 22.0. The quantitative estimate of drug-likeness (QED) is 0.486. The number of hydrogen-bond acceptors (Lipinski definition) is 4. The van der Waals surface area contributed by atoms with Crippen molar-refractivity contribution < 1.29 is 9.72 Å². The summed E-state index contributed by atoms with van der Waals surface area (Å²) >= 11 is 0. The number of benzene rings is 1. The Kier molecular flexibility index (Phi) is 2.85. The number of aromatic nitrogens is 2. The molecule has 2 aromatic rings. The lowest BCUT2D eigenvalue weighted by atomic mass is 10.1. The van der Waals surface area contributed by atoms with Crippen LogP contribution in [0.1, 0.15) is 41.7 Å². The van der Waals surface area contributed by atoms with E-state index in [4.69, 9.17) is 0 Å². The Bertz CT molecular complexity index is 701. The highest BCUT2D eigenvalue weighted by Gasteiger charge is 2.26. The van der Waals surface area contributed by atoms with Crippen LogP contribution < -0.4 is 0 Å². The number of carbonyl (C=O) groups excluding carboxylic acids is 1. The minimum absolute atomic E-state index is 0.0893. The van der Waals surface area contributed by atoms with Crippen molar-refractivity contribution in [2.45, 2.75) is 25.7 Å². The lowest BCUT2D eigenvalue weighted by molar-refractivity contribution is -0.384. The van der Waals surface area contributed by atoms with Gasteiger partial charge < -0.3 is 0 Å². The van der Waals surface area contributed by atoms with E-state index in [-0.39, 0.29) is 11.5 Å². The predicted octanol–water partition coefficient (Wildman–Crippen LogP) is 2.86. The molecule has 6 nitrogen and oxygen atoms in total. The molecule has 1 aliphatic rings. The van der Waals surface area contributed by atoms with Gasteiger partial charge in [-0.1, -0.05) is 0 Å². The second kappa shape index (κ2) is 4.56. The fraction of sp³-hybridized carbons (Fsp3) is 0.286. The fourth-order valence-electron chi connectivity index (χ4n) is 2.19. The van der Waals surface area contributed by atoms with Gasteiger partial charge in [-0.25, -0.2) is 4.68 Å². The monoisotopic (exact) mass is 271 g/mol. The molecule has 1 fully saturated rings. The summed E-state index contributed by atoms with van der Waals surface area (Å²) in [7, 11) is 0. The van der Waals surface area contributed by atoms with Crippen molar-refractivity contribution in [2.24, 2.45) is 0 Å². The van der Waals surface area contributed by atoms with E-state index in [1.165, 1.54) is 19.1 Å². The molecule has 1 saturated carbocycles. The molecule has 3 rings (SSSR count). The molecule has 0 bridgehead atoms. The van der Waals surface area contributed by atoms with Gasteiger partial charge in [-0.3, -0.25) is 14.9 Å². The molecule has 0 aliphatic heterocycles. The number of nitrogens with zero attached hydrogens (tertiary/aromatic N) is 3. The average molecular weight is 271 g/mol. The van der Waals surface area contributed by atoms with Crippen LogP contribution in [0.15, 0.2) is 30.5 Å². The van der Waals surface area contributed by atoms with Gasteiger partial charge in [0.15, 0.2) is 5.78 Å². The molecule has 0 N–H and O–H groups in total. The van der Waals surface area contributed by atoms with Gasteiger partial charge in [-0.05, 0) is 31.9 Å². The molecular formula is C14H13N3O3. The number of ketones is 1. The van der Waals surface area contributed by atoms with Gasteiger partial charge in [0.2, 0.25) is 0 Å². The van der Waals surface area contributed by atoms with Crippen LogP contribution >= 0.6 is 0 Å². The second-order valence-electron chi connectivity index (χ2n) is 4.97. The second-order valence-corrected chi connectivity index (χ2v) is 4.97. The maximum Gasteiger partial charge on any atom is 0.270 e. The molecule has 0 unspecified atom stereocenters. The Hall–Kier alpha value is -2.50. The summed E-state index contributed by atoms with van der Waals surface area (Å²) in [5.74, 6) is 0.308. The van der Waals surface area contributed by atoms with Crippen LogP contribution in [0.2, 0.25) is 0 Å². The molecule has 0 radical (unpaired) electrons. The van der Waals surface area contributed by atoms with E-state index in [0.717, 1.165) is 18.5 Å². The number of rotatable bonds is 4. The van der Waals surface area contributed by atoms with Crippen LogP contribution in [0.5, 0.6) is 0 Å². The molecule has 0 saturated heterocycles. The van der Waals surface area contributed by atoms with E-state index in [9.17, 15) is 14.9 Å². The van der Waals surface area contributed by atoms with Gasteiger partial charge in [0, 0.05) is 29.8 Å². The van der Waals surface area contributed by atoms with Crippen molar-refractivity contribution in [1.29, 1.82) is 0 Å². The highest BCUT2D eigenvalue weighted by atomic mass is 16.6. The van der Waals surface area contributed by atoms with Crippen LogP contribution in [-0.4, -0.2) is 20.5 Å². The van der Waals surface area contributed by atoms with Gasteiger partial charge in [0.25, 0.3) is 5.69 Å². The molecule has 1 aliphatic carbocycles. The normalized spacial score (nSPS) is 14.2. The average Bonchev–Trinajstić information content (AvgIpc) is 3.16. The summed E-state index contributed by atoms with van der Waals surface area (Å²) in [6.07, 6.45) is 4.09. The minimum Gasteiger partial charge on any atom is -0.294 e. The Morgan fingerprint density at radius 1 is 1.40 bits per heavy atom. The van der Waals surface area contributed by atoms with E-state index in [1.54, 1.807) is 16.9 Å². The molecule has 20 heavy (non-hydrogen) atoms. The van der Waals surface area contributed by atoms with Gasteiger partial charge in [0.05, 0.1) is 16.3 Å². The van der Waals surface area contributed by atoms with Gasteiger partial charge in [0.1, 0.15) is 0 Å². The highest BCUT2D eigenvalue weighted by molar-refractivity contribution is 5.98. The molecule has 1 heterocycles. The molecule has 1 aromatic heterocycles. The lowest BCUT2D eigenvalue weighted by Crippen LogP contribution is -2.05. The van der Waals surface area contributed by atoms with E-state index in [0.29, 0.717) is 17.2 Å². The molecule has 1 aromatic carbocycles. The first kappa shape index (κ1) is 12.5. The Morgan fingerprint density at radius 3 is 2.75 bits per heavy atom. The summed E-state index contributed by atoms with van der Waals surface area (Å²) < 4.78 is 1.62.